The van der Waals surface area contributed by atoms with Crippen molar-refractivity contribution in [1.82, 2.24) is 0 Å². The third-order valence-electron chi connectivity index (χ3n) is 1.84. The first-order valence-corrected chi connectivity index (χ1v) is 4.98. The molecule has 1 aromatic rings. The Morgan fingerprint density at radius 3 is 2.79 bits per heavy atom. The summed E-state index contributed by atoms with van der Waals surface area (Å²) < 4.78 is 0.896. The maximum Gasteiger partial charge on any atom is 0.101 e. The van der Waals surface area contributed by atoms with Crippen LogP contribution in [0.4, 0.5) is 5.69 Å². The summed E-state index contributed by atoms with van der Waals surface area (Å²) in [5, 5.41) is 8.89. The minimum absolute atomic E-state index is 0.684. The molecule has 3 heteroatoms. The van der Waals surface area contributed by atoms with Gasteiger partial charge in [0.2, 0.25) is 0 Å². The smallest absolute Gasteiger partial charge is 0.101 e. The van der Waals surface area contributed by atoms with E-state index in [4.69, 9.17) is 5.26 Å². The second-order valence-electron chi connectivity index (χ2n) is 3.00. The molecule has 0 atom stereocenters. The van der Waals surface area contributed by atoms with E-state index in [0.717, 1.165) is 10.2 Å². The van der Waals surface area contributed by atoms with E-state index >= 15 is 0 Å². The second kappa shape index (κ2) is 4.83. The first kappa shape index (κ1) is 10.8. The maximum absolute atomic E-state index is 8.89. The normalized spacial score (nSPS) is 9.21. The first-order chi connectivity index (χ1) is 6.65. The summed E-state index contributed by atoms with van der Waals surface area (Å²) in [5.74, 6) is 0. The number of benzene rings is 1. The highest BCUT2D eigenvalue weighted by Gasteiger charge is 2.05. The lowest BCUT2D eigenvalue weighted by Crippen LogP contribution is -2.19. The summed E-state index contributed by atoms with van der Waals surface area (Å²) in [7, 11) is 1.93. The van der Waals surface area contributed by atoms with E-state index in [2.05, 4.69) is 28.6 Å². The molecule has 0 aliphatic heterocycles. The first-order valence-electron chi connectivity index (χ1n) is 4.18. The largest absolute Gasteiger partial charge is 0.369 e. The fourth-order valence-electron chi connectivity index (χ4n) is 1.24. The molecule has 0 saturated heterocycles. The third kappa shape index (κ3) is 2.61. The Morgan fingerprint density at radius 2 is 2.21 bits per heavy atom. The van der Waals surface area contributed by atoms with Crippen LogP contribution in [-0.2, 0) is 0 Å². The van der Waals surface area contributed by atoms with E-state index in [0.29, 0.717) is 12.1 Å². The Kier molecular flexibility index (Phi) is 3.73. The second-order valence-corrected chi connectivity index (χ2v) is 4.12. The summed E-state index contributed by atoms with van der Waals surface area (Å²) in [6, 6.07) is 9.68. The van der Waals surface area contributed by atoms with Gasteiger partial charge in [0.15, 0.2) is 0 Å². The molecule has 0 N–H and O–H groups in total. The predicted molar refractivity (Wildman–Crippen MR) is 62.5 cm³/mol. The predicted octanol–water partition coefficient (Wildman–Crippen LogP) is 2.90. The van der Waals surface area contributed by atoms with Crippen LogP contribution in [0.25, 0.3) is 0 Å². The number of nitriles is 1. The zero-order valence-corrected chi connectivity index (χ0v) is 9.58. The molecule has 0 radical (unpaired) electrons. The van der Waals surface area contributed by atoms with Crippen LogP contribution in [0.2, 0.25) is 0 Å². The average Bonchev–Trinajstić information content (AvgIpc) is 2.16. The summed E-state index contributed by atoms with van der Waals surface area (Å²) in [4.78, 5) is 1.98. The number of halogens is 1. The number of rotatable bonds is 3. The van der Waals surface area contributed by atoms with Gasteiger partial charge in [-0.05, 0) is 12.1 Å². The fraction of sp³-hybridized carbons (Fsp3) is 0.182. The molecule has 0 aliphatic carbocycles. The van der Waals surface area contributed by atoms with E-state index in [1.807, 2.05) is 36.2 Å². The van der Waals surface area contributed by atoms with Crippen molar-refractivity contribution in [3.05, 3.63) is 40.9 Å². The van der Waals surface area contributed by atoms with E-state index in [-0.39, 0.29) is 0 Å². The van der Waals surface area contributed by atoms with Crippen molar-refractivity contribution in [2.45, 2.75) is 0 Å². The van der Waals surface area contributed by atoms with Crippen LogP contribution in [0, 0.1) is 11.3 Å². The number of nitrogens with zero attached hydrogens (tertiary/aromatic N) is 2. The van der Waals surface area contributed by atoms with Crippen molar-refractivity contribution < 1.29 is 0 Å². The van der Waals surface area contributed by atoms with Crippen molar-refractivity contribution in [3.8, 4) is 6.07 Å². The van der Waals surface area contributed by atoms with E-state index < -0.39 is 0 Å². The Hall–Kier alpha value is -1.27. The van der Waals surface area contributed by atoms with Crippen molar-refractivity contribution >= 4 is 21.6 Å². The van der Waals surface area contributed by atoms with Gasteiger partial charge in [0.25, 0.3) is 0 Å². The molecule has 1 aromatic carbocycles. The van der Waals surface area contributed by atoms with Gasteiger partial charge in [0, 0.05) is 18.1 Å². The quantitative estimate of drug-likeness (QED) is 0.825. The van der Waals surface area contributed by atoms with Crippen molar-refractivity contribution in [1.29, 1.82) is 5.26 Å². The van der Waals surface area contributed by atoms with Crippen LogP contribution >= 0.6 is 15.9 Å². The molecule has 0 aliphatic rings. The number of hydrogen-bond acceptors (Lipinski definition) is 2. The van der Waals surface area contributed by atoms with Gasteiger partial charge in [-0.3, -0.25) is 0 Å². The van der Waals surface area contributed by atoms with Crippen LogP contribution in [0.15, 0.2) is 35.3 Å². The summed E-state index contributed by atoms with van der Waals surface area (Å²) in [5.41, 5.74) is 1.61. The van der Waals surface area contributed by atoms with E-state index in [9.17, 15) is 0 Å². The molecule has 2 nitrogen and oxygen atoms in total. The van der Waals surface area contributed by atoms with Crippen LogP contribution in [0.3, 0.4) is 0 Å². The minimum Gasteiger partial charge on any atom is -0.369 e. The van der Waals surface area contributed by atoms with Gasteiger partial charge in [-0.15, -0.1) is 0 Å². The molecular weight excluding hydrogens is 240 g/mol. The van der Waals surface area contributed by atoms with E-state index in [1.54, 1.807) is 0 Å². The van der Waals surface area contributed by atoms with Crippen LogP contribution in [0.1, 0.15) is 5.56 Å². The molecule has 1 rings (SSSR count). The van der Waals surface area contributed by atoms with Crippen molar-refractivity contribution in [3.63, 3.8) is 0 Å². The average molecular weight is 251 g/mol. The monoisotopic (exact) mass is 250 g/mol. The van der Waals surface area contributed by atoms with Gasteiger partial charge in [-0.2, -0.15) is 5.26 Å². The molecule has 0 unspecified atom stereocenters. The minimum atomic E-state index is 0.684. The molecule has 0 amide bonds. The van der Waals surface area contributed by atoms with Crippen molar-refractivity contribution in [2.24, 2.45) is 0 Å². The number of anilines is 1. The molecule has 0 heterocycles. The van der Waals surface area contributed by atoms with Gasteiger partial charge in [0.1, 0.15) is 6.07 Å². The molecule has 0 saturated carbocycles. The fourth-order valence-corrected chi connectivity index (χ4v) is 1.62. The van der Waals surface area contributed by atoms with Crippen molar-refractivity contribution in [2.75, 3.05) is 18.5 Å². The van der Waals surface area contributed by atoms with Gasteiger partial charge < -0.3 is 4.90 Å². The number of likely N-dealkylation sites (N-methyl/N-ethyl adjacent to an activating group) is 1. The Morgan fingerprint density at radius 1 is 1.57 bits per heavy atom. The number of hydrogen-bond donors (Lipinski definition) is 0. The Bertz CT molecular complexity index is 379. The van der Waals surface area contributed by atoms with Gasteiger partial charge in [-0.25, -0.2) is 0 Å². The highest BCUT2D eigenvalue weighted by atomic mass is 79.9. The topological polar surface area (TPSA) is 27.0 Å². The maximum atomic E-state index is 8.89. The molecule has 0 bridgehead atoms. The van der Waals surface area contributed by atoms with Crippen LogP contribution in [0.5, 0.6) is 0 Å². The SMILES string of the molecule is C=C(Br)CN(C)c1ccccc1C#N. The molecular formula is C11H11BrN2. The lowest BCUT2D eigenvalue weighted by Gasteiger charge is -2.19. The van der Waals surface area contributed by atoms with Gasteiger partial charge >= 0.3 is 0 Å². The molecule has 72 valence electrons. The zero-order chi connectivity index (χ0) is 10.6. The molecule has 0 fully saturated rings. The highest BCUT2D eigenvalue weighted by Crippen LogP contribution is 2.19. The van der Waals surface area contributed by atoms with Gasteiger partial charge in [-0.1, -0.05) is 34.6 Å². The third-order valence-corrected chi connectivity index (χ3v) is 2.10. The molecule has 0 spiro atoms. The standard InChI is InChI=1S/C11H11BrN2/c1-9(12)8-14(2)11-6-4-3-5-10(11)7-13/h3-6H,1,8H2,2H3. The Balaban J connectivity index is 2.95. The zero-order valence-electron chi connectivity index (χ0n) is 8.00. The Labute approximate surface area is 92.6 Å². The van der Waals surface area contributed by atoms with Crippen LogP contribution in [-0.4, -0.2) is 13.6 Å². The van der Waals surface area contributed by atoms with Crippen LogP contribution < -0.4 is 4.90 Å². The lowest BCUT2D eigenvalue weighted by molar-refractivity contribution is 1.02. The van der Waals surface area contributed by atoms with E-state index in [1.165, 1.54) is 0 Å². The molecule has 14 heavy (non-hydrogen) atoms. The highest BCUT2D eigenvalue weighted by molar-refractivity contribution is 9.11. The van der Waals surface area contributed by atoms with Gasteiger partial charge in [0.05, 0.1) is 11.3 Å². The number of para-hydroxylation sites is 1. The summed E-state index contributed by atoms with van der Waals surface area (Å²) >= 11 is 3.30. The summed E-state index contributed by atoms with van der Waals surface area (Å²) in [6.45, 7) is 4.46. The lowest BCUT2D eigenvalue weighted by atomic mass is 10.2. The summed E-state index contributed by atoms with van der Waals surface area (Å²) in [6.07, 6.45) is 0. The molecule has 0 aromatic heterocycles.